The predicted octanol–water partition coefficient (Wildman–Crippen LogP) is 4.30. The fourth-order valence-electron chi connectivity index (χ4n) is 4.43. The number of ether oxygens (including phenoxy) is 2. The number of carbonyl (C=O) groups is 2. The van der Waals surface area contributed by atoms with E-state index in [1.165, 1.54) is 4.68 Å². The number of Topliss-reactive ketones (excluding diaryl/α,β-unsaturated/α-hetero) is 1. The number of halogens is 1. The zero-order valence-electron chi connectivity index (χ0n) is 22.7. The molecule has 2 aromatic carbocycles. The van der Waals surface area contributed by atoms with Crippen molar-refractivity contribution < 1.29 is 19.1 Å². The van der Waals surface area contributed by atoms with Gasteiger partial charge in [0.2, 0.25) is 0 Å². The normalized spacial score (nSPS) is 14.3. The molecule has 0 atom stereocenters. The fraction of sp³-hybridized carbons (Fsp3) is 0.345. The minimum absolute atomic E-state index is 0.230. The number of fused-ring (bicyclic) bond motifs is 1. The van der Waals surface area contributed by atoms with Crippen LogP contribution in [0, 0.1) is 0 Å². The zero-order chi connectivity index (χ0) is 28.3. The Morgan fingerprint density at radius 3 is 2.48 bits per heavy atom. The lowest BCUT2D eigenvalue weighted by molar-refractivity contribution is -0.112. The maximum atomic E-state index is 13.4. The molecule has 1 fully saturated rings. The standard InChI is InChI=1S/C29H31ClN6O4/c1-29(2,3)23-18-26(36(34-23)25-11-10-24(30)32-33-25)31-28(38)27(37)21-8-9-22(20-7-5-4-6-19(20)21)40-17-14-35-12-15-39-16-13-35/h4-11,18H,12-17H2,1-3H3,(H,31,38). The topological polar surface area (TPSA) is 111 Å². The minimum Gasteiger partial charge on any atom is -0.492 e. The van der Waals surface area contributed by atoms with E-state index in [4.69, 9.17) is 21.1 Å². The van der Waals surface area contributed by atoms with Gasteiger partial charge in [-0.15, -0.1) is 10.2 Å². The van der Waals surface area contributed by atoms with Crippen LogP contribution in [0.25, 0.3) is 16.6 Å². The monoisotopic (exact) mass is 562 g/mol. The van der Waals surface area contributed by atoms with Crippen LogP contribution in [0.3, 0.4) is 0 Å². The summed E-state index contributed by atoms with van der Waals surface area (Å²) in [5.41, 5.74) is 0.667. The number of rotatable bonds is 8. The van der Waals surface area contributed by atoms with Crippen molar-refractivity contribution in [3.05, 3.63) is 71.0 Å². The van der Waals surface area contributed by atoms with E-state index < -0.39 is 11.7 Å². The summed E-state index contributed by atoms with van der Waals surface area (Å²) < 4.78 is 12.9. The average Bonchev–Trinajstić information content (AvgIpc) is 3.38. The van der Waals surface area contributed by atoms with Crippen molar-refractivity contribution in [3.8, 4) is 11.6 Å². The summed E-state index contributed by atoms with van der Waals surface area (Å²) in [6.45, 7) is 10.5. The Kier molecular flexibility index (Phi) is 8.11. The van der Waals surface area contributed by atoms with Crippen molar-refractivity contribution in [1.29, 1.82) is 0 Å². The average molecular weight is 563 g/mol. The van der Waals surface area contributed by atoms with Gasteiger partial charge < -0.3 is 14.8 Å². The van der Waals surface area contributed by atoms with Gasteiger partial charge in [-0.2, -0.15) is 9.78 Å². The summed E-state index contributed by atoms with van der Waals surface area (Å²) in [4.78, 5) is 29.0. The van der Waals surface area contributed by atoms with Gasteiger partial charge in [-0.1, -0.05) is 56.6 Å². The summed E-state index contributed by atoms with van der Waals surface area (Å²) in [6, 6.07) is 15.7. The molecule has 1 aliphatic heterocycles. The summed E-state index contributed by atoms with van der Waals surface area (Å²) >= 11 is 5.90. The highest BCUT2D eigenvalue weighted by Crippen LogP contribution is 2.30. The molecule has 40 heavy (non-hydrogen) atoms. The molecule has 0 aliphatic carbocycles. The van der Waals surface area contributed by atoms with E-state index in [1.54, 1.807) is 30.3 Å². The Labute approximate surface area is 237 Å². The maximum absolute atomic E-state index is 13.4. The Balaban J connectivity index is 1.38. The van der Waals surface area contributed by atoms with Gasteiger partial charge in [0.1, 0.15) is 18.2 Å². The molecule has 4 aromatic rings. The van der Waals surface area contributed by atoms with Crippen LogP contribution in [-0.2, 0) is 14.9 Å². The summed E-state index contributed by atoms with van der Waals surface area (Å²) in [7, 11) is 0. The lowest BCUT2D eigenvalue weighted by Crippen LogP contribution is -2.38. The molecular formula is C29H31ClN6O4. The molecule has 0 unspecified atom stereocenters. The molecule has 1 aliphatic rings. The van der Waals surface area contributed by atoms with Crippen LogP contribution in [0.1, 0.15) is 36.8 Å². The van der Waals surface area contributed by atoms with E-state index >= 15 is 0 Å². The van der Waals surface area contributed by atoms with Crippen molar-refractivity contribution >= 4 is 39.9 Å². The van der Waals surface area contributed by atoms with Crippen LogP contribution >= 0.6 is 11.6 Å². The molecule has 1 amide bonds. The van der Waals surface area contributed by atoms with Gasteiger partial charge in [-0.05, 0) is 29.7 Å². The van der Waals surface area contributed by atoms with Crippen molar-refractivity contribution in [2.24, 2.45) is 0 Å². The Morgan fingerprint density at radius 2 is 1.77 bits per heavy atom. The quantitative estimate of drug-likeness (QED) is 0.250. The number of anilines is 1. The maximum Gasteiger partial charge on any atom is 0.297 e. The van der Waals surface area contributed by atoms with Gasteiger partial charge in [0.15, 0.2) is 11.0 Å². The number of nitrogens with one attached hydrogen (secondary N) is 1. The first-order chi connectivity index (χ1) is 19.2. The second-order valence-corrected chi connectivity index (χ2v) is 10.9. The number of aromatic nitrogens is 4. The molecule has 1 N–H and O–H groups in total. The first kappa shape index (κ1) is 27.7. The third-order valence-electron chi connectivity index (χ3n) is 6.66. The lowest BCUT2D eigenvalue weighted by Gasteiger charge is -2.26. The number of benzene rings is 2. The van der Waals surface area contributed by atoms with Gasteiger partial charge in [0.05, 0.1) is 18.9 Å². The number of ketones is 1. The van der Waals surface area contributed by atoms with Crippen LogP contribution in [0.4, 0.5) is 5.82 Å². The third-order valence-corrected chi connectivity index (χ3v) is 6.86. The van der Waals surface area contributed by atoms with E-state index in [0.29, 0.717) is 35.1 Å². The highest BCUT2D eigenvalue weighted by Gasteiger charge is 2.25. The van der Waals surface area contributed by atoms with E-state index in [2.05, 4.69) is 25.5 Å². The molecule has 0 bridgehead atoms. The molecule has 0 spiro atoms. The first-order valence-corrected chi connectivity index (χ1v) is 13.5. The molecule has 2 aromatic heterocycles. The minimum atomic E-state index is -0.797. The highest BCUT2D eigenvalue weighted by molar-refractivity contribution is 6.48. The van der Waals surface area contributed by atoms with Crippen molar-refractivity contribution in [2.45, 2.75) is 26.2 Å². The number of carbonyl (C=O) groups excluding carboxylic acids is 2. The molecule has 3 heterocycles. The van der Waals surface area contributed by atoms with Crippen molar-refractivity contribution in [2.75, 3.05) is 44.8 Å². The van der Waals surface area contributed by atoms with Crippen LogP contribution in [0.15, 0.2) is 54.6 Å². The summed E-state index contributed by atoms with van der Waals surface area (Å²) in [6.07, 6.45) is 0. The SMILES string of the molecule is CC(C)(C)c1cc(NC(=O)C(=O)c2ccc(OCCN3CCOCC3)c3ccccc23)n(-c2ccc(Cl)nn2)n1. The largest absolute Gasteiger partial charge is 0.492 e. The van der Waals surface area contributed by atoms with Crippen LogP contribution in [0.2, 0.25) is 5.15 Å². The molecule has 11 heteroatoms. The fourth-order valence-corrected chi connectivity index (χ4v) is 4.53. The van der Waals surface area contributed by atoms with Crippen molar-refractivity contribution in [3.63, 3.8) is 0 Å². The number of nitrogens with zero attached hydrogens (tertiary/aromatic N) is 5. The summed E-state index contributed by atoms with van der Waals surface area (Å²) in [5, 5.41) is 16.9. The van der Waals surface area contributed by atoms with E-state index in [0.717, 1.165) is 38.2 Å². The number of amides is 1. The lowest BCUT2D eigenvalue weighted by atomic mass is 9.92. The second kappa shape index (κ2) is 11.7. The number of hydrogen-bond acceptors (Lipinski definition) is 8. The molecule has 5 rings (SSSR count). The summed E-state index contributed by atoms with van der Waals surface area (Å²) in [5.74, 6) is -0.160. The smallest absolute Gasteiger partial charge is 0.297 e. The third kappa shape index (κ3) is 6.14. The van der Waals surface area contributed by atoms with Gasteiger partial charge in [-0.3, -0.25) is 14.5 Å². The Morgan fingerprint density at radius 1 is 1.02 bits per heavy atom. The van der Waals surface area contributed by atoms with Gasteiger partial charge in [0, 0.05) is 42.1 Å². The van der Waals surface area contributed by atoms with Crippen LogP contribution < -0.4 is 10.1 Å². The molecule has 0 radical (unpaired) electrons. The van der Waals surface area contributed by atoms with Gasteiger partial charge in [-0.25, -0.2) is 0 Å². The Hall–Kier alpha value is -3.86. The highest BCUT2D eigenvalue weighted by atomic mass is 35.5. The van der Waals surface area contributed by atoms with E-state index in [-0.39, 0.29) is 16.1 Å². The van der Waals surface area contributed by atoms with Crippen molar-refractivity contribution in [1.82, 2.24) is 24.9 Å². The van der Waals surface area contributed by atoms with Crippen LogP contribution in [-0.4, -0.2) is 76.0 Å². The van der Waals surface area contributed by atoms with Crippen LogP contribution in [0.5, 0.6) is 5.75 Å². The number of morpholine rings is 1. The molecule has 0 saturated carbocycles. The molecular weight excluding hydrogens is 532 g/mol. The second-order valence-electron chi connectivity index (χ2n) is 10.5. The predicted molar refractivity (Wildman–Crippen MR) is 153 cm³/mol. The number of hydrogen-bond donors (Lipinski definition) is 1. The Bertz CT molecular complexity index is 1520. The molecule has 10 nitrogen and oxygen atoms in total. The van der Waals surface area contributed by atoms with E-state index in [1.807, 2.05) is 45.0 Å². The zero-order valence-corrected chi connectivity index (χ0v) is 23.4. The first-order valence-electron chi connectivity index (χ1n) is 13.1. The van der Waals surface area contributed by atoms with Gasteiger partial charge >= 0.3 is 0 Å². The molecule has 208 valence electrons. The molecule has 1 saturated heterocycles. The van der Waals surface area contributed by atoms with E-state index in [9.17, 15) is 9.59 Å². The van der Waals surface area contributed by atoms with Gasteiger partial charge in [0.25, 0.3) is 11.7 Å².